The molecule has 1 atom stereocenters. The summed E-state index contributed by atoms with van der Waals surface area (Å²) in [6, 6.07) is 5.42. The lowest BCUT2D eigenvalue weighted by Gasteiger charge is -2.35. The second kappa shape index (κ2) is 7.99. The predicted molar refractivity (Wildman–Crippen MR) is 86.9 cm³/mol. The van der Waals surface area contributed by atoms with Crippen molar-refractivity contribution >= 4 is 0 Å². The average molecular weight is 354 g/mol. The van der Waals surface area contributed by atoms with Crippen LogP contribution in [0.5, 0.6) is 0 Å². The van der Waals surface area contributed by atoms with Gasteiger partial charge in [0.2, 0.25) is 0 Å². The van der Waals surface area contributed by atoms with E-state index < -0.39 is 11.7 Å². The number of halogens is 3. The van der Waals surface area contributed by atoms with Crippen molar-refractivity contribution in [3.8, 4) is 0 Å². The molecule has 2 aromatic rings. The van der Waals surface area contributed by atoms with Crippen LogP contribution in [-0.2, 0) is 17.5 Å². The van der Waals surface area contributed by atoms with Gasteiger partial charge in [-0.25, -0.2) is 4.98 Å². The number of aromatic nitrogens is 2. The van der Waals surface area contributed by atoms with Crippen molar-refractivity contribution < 1.29 is 17.9 Å². The van der Waals surface area contributed by atoms with Crippen LogP contribution in [-0.4, -0.2) is 47.7 Å². The monoisotopic (exact) mass is 354 g/mol. The van der Waals surface area contributed by atoms with Crippen molar-refractivity contribution in [3.05, 3.63) is 53.6 Å². The highest BCUT2D eigenvalue weighted by atomic mass is 19.4. The first-order valence-corrected chi connectivity index (χ1v) is 8.22. The summed E-state index contributed by atoms with van der Waals surface area (Å²) in [5.74, 6) is 0.827. The molecule has 136 valence electrons. The van der Waals surface area contributed by atoms with Gasteiger partial charge in [0.05, 0.1) is 25.3 Å². The third kappa shape index (κ3) is 4.81. The Hall–Kier alpha value is -1.90. The topological polar surface area (TPSA) is 53.2 Å². The van der Waals surface area contributed by atoms with E-state index in [0.29, 0.717) is 26.3 Å². The molecule has 0 aliphatic carbocycles. The first-order chi connectivity index (χ1) is 12.0. The van der Waals surface area contributed by atoms with E-state index >= 15 is 0 Å². The largest absolute Gasteiger partial charge is 0.416 e. The van der Waals surface area contributed by atoms with Gasteiger partial charge in [-0.15, -0.1) is 0 Å². The van der Waals surface area contributed by atoms with Crippen LogP contribution in [0, 0.1) is 0 Å². The van der Waals surface area contributed by atoms with Gasteiger partial charge in [0.15, 0.2) is 0 Å². The molecule has 0 radical (unpaired) electrons. The summed E-state index contributed by atoms with van der Waals surface area (Å²) in [4.78, 5) is 9.42. The van der Waals surface area contributed by atoms with E-state index in [-0.39, 0.29) is 6.04 Å². The molecule has 25 heavy (non-hydrogen) atoms. The van der Waals surface area contributed by atoms with Gasteiger partial charge in [-0.1, -0.05) is 12.1 Å². The number of H-pyrrole nitrogens is 1. The lowest BCUT2D eigenvalue weighted by molar-refractivity contribution is -0.137. The highest BCUT2D eigenvalue weighted by molar-refractivity contribution is 5.27. The van der Waals surface area contributed by atoms with Crippen molar-refractivity contribution in [2.75, 3.05) is 32.8 Å². The van der Waals surface area contributed by atoms with Gasteiger partial charge in [-0.2, -0.15) is 13.2 Å². The Balaban J connectivity index is 1.70. The fourth-order valence-electron chi connectivity index (χ4n) is 2.96. The molecular formula is C17H21F3N4O. The normalized spacial score (nSPS) is 17.6. The second-order valence-corrected chi connectivity index (χ2v) is 5.95. The molecule has 1 aliphatic rings. The number of ether oxygens (including phenoxy) is 1. The maximum absolute atomic E-state index is 12.8. The van der Waals surface area contributed by atoms with E-state index in [1.807, 2.05) is 0 Å². The third-order valence-electron chi connectivity index (χ3n) is 4.29. The van der Waals surface area contributed by atoms with E-state index in [1.54, 1.807) is 24.5 Å². The predicted octanol–water partition coefficient (Wildman–Crippen LogP) is 2.59. The van der Waals surface area contributed by atoms with Crippen molar-refractivity contribution in [1.29, 1.82) is 0 Å². The zero-order valence-electron chi connectivity index (χ0n) is 13.7. The van der Waals surface area contributed by atoms with E-state index in [2.05, 4.69) is 20.2 Å². The number of nitrogens with one attached hydrogen (secondary N) is 2. The van der Waals surface area contributed by atoms with Crippen LogP contribution in [0.2, 0.25) is 0 Å². The lowest BCUT2D eigenvalue weighted by Crippen LogP contribution is -2.42. The van der Waals surface area contributed by atoms with Crippen LogP contribution >= 0.6 is 0 Å². The van der Waals surface area contributed by atoms with Gasteiger partial charge in [-0.05, 0) is 17.7 Å². The molecule has 1 aliphatic heterocycles. The third-order valence-corrected chi connectivity index (χ3v) is 4.29. The number of alkyl halides is 3. The van der Waals surface area contributed by atoms with Crippen LogP contribution in [0.25, 0.3) is 0 Å². The maximum Gasteiger partial charge on any atom is 0.416 e. The molecule has 0 spiro atoms. The number of morpholine rings is 1. The smallest absolute Gasteiger partial charge is 0.379 e. The van der Waals surface area contributed by atoms with Crippen LogP contribution < -0.4 is 5.32 Å². The van der Waals surface area contributed by atoms with E-state index in [9.17, 15) is 13.2 Å². The summed E-state index contributed by atoms with van der Waals surface area (Å²) in [5, 5.41) is 3.33. The van der Waals surface area contributed by atoms with Gasteiger partial charge in [0, 0.05) is 38.1 Å². The Morgan fingerprint density at radius 3 is 2.52 bits per heavy atom. The molecule has 2 heterocycles. The SMILES string of the molecule is FC(F)(F)c1ccc(C(CNCc2ncc[nH]2)N2CCOCC2)cc1. The summed E-state index contributed by atoms with van der Waals surface area (Å²) in [5.41, 5.74) is 0.238. The second-order valence-electron chi connectivity index (χ2n) is 5.95. The standard InChI is InChI=1S/C17H21F3N4O/c18-17(19,20)14-3-1-13(2-4-14)15(24-7-9-25-10-8-24)11-21-12-16-22-5-6-23-16/h1-6,15,21H,7-12H2,(H,22,23). The fourth-order valence-corrected chi connectivity index (χ4v) is 2.96. The fraction of sp³-hybridized carbons (Fsp3) is 0.471. The molecule has 1 unspecified atom stereocenters. The quantitative estimate of drug-likeness (QED) is 0.837. The molecule has 1 saturated heterocycles. The van der Waals surface area contributed by atoms with Crippen LogP contribution in [0.4, 0.5) is 13.2 Å². The zero-order valence-corrected chi connectivity index (χ0v) is 13.7. The minimum atomic E-state index is -4.31. The summed E-state index contributed by atoms with van der Waals surface area (Å²) < 4.78 is 43.7. The van der Waals surface area contributed by atoms with E-state index in [1.165, 1.54) is 0 Å². The number of rotatable bonds is 6. The van der Waals surface area contributed by atoms with Gasteiger partial charge in [-0.3, -0.25) is 4.90 Å². The van der Waals surface area contributed by atoms with Gasteiger partial charge >= 0.3 is 6.18 Å². The highest BCUT2D eigenvalue weighted by Gasteiger charge is 2.31. The van der Waals surface area contributed by atoms with E-state index in [0.717, 1.165) is 36.6 Å². The van der Waals surface area contributed by atoms with Crippen molar-refractivity contribution in [2.24, 2.45) is 0 Å². The Bertz CT molecular complexity index is 637. The number of nitrogens with zero attached hydrogens (tertiary/aromatic N) is 2. The Kier molecular flexibility index (Phi) is 5.72. The van der Waals surface area contributed by atoms with Crippen molar-refractivity contribution in [2.45, 2.75) is 18.8 Å². The van der Waals surface area contributed by atoms with Crippen LogP contribution in [0.3, 0.4) is 0 Å². The minimum Gasteiger partial charge on any atom is -0.379 e. The Morgan fingerprint density at radius 2 is 1.92 bits per heavy atom. The number of benzene rings is 1. The number of hydrogen-bond acceptors (Lipinski definition) is 4. The lowest BCUT2D eigenvalue weighted by atomic mass is 10.0. The molecule has 0 saturated carbocycles. The Labute approximate surface area is 144 Å². The maximum atomic E-state index is 12.8. The molecule has 1 aromatic carbocycles. The summed E-state index contributed by atoms with van der Waals surface area (Å²) >= 11 is 0. The highest BCUT2D eigenvalue weighted by Crippen LogP contribution is 2.31. The molecule has 0 bridgehead atoms. The summed E-state index contributed by atoms with van der Waals surface area (Å²) in [6.07, 6.45) is -0.872. The van der Waals surface area contributed by atoms with E-state index in [4.69, 9.17) is 4.74 Å². The van der Waals surface area contributed by atoms with Crippen LogP contribution in [0.1, 0.15) is 23.0 Å². The molecule has 3 rings (SSSR count). The molecule has 2 N–H and O–H groups in total. The van der Waals surface area contributed by atoms with Gasteiger partial charge in [0.25, 0.3) is 0 Å². The number of aromatic amines is 1. The van der Waals surface area contributed by atoms with Crippen molar-refractivity contribution in [3.63, 3.8) is 0 Å². The molecular weight excluding hydrogens is 333 g/mol. The molecule has 8 heteroatoms. The zero-order chi connectivity index (χ0) is 17.7. The molecule has 1 fully saturated rings. The van der Waals surface area contributed by atoms with Gasteiger partial charge < -0.3 is 15.0 Å². The first-order valence-electron chi connectivity index (χ1n) is 8.22. The Morgan fingerprint density at radius 1 is 1.20 bits per heavy atom. The van der Waals surface area contributed by atoms with Gasteiger partial charge in [0.1, 0.15) is 5.82 Å². The molecule has 5 nitrogen and oxygen atoms in total. The summed E-state index contributed by atoms with van der Waals surface area (Å²) in [7, 11) is 0. The van der Waals surface area contributed by atoms with Crippen LogP contribution in [0.15, 0.2) is 36.7 Å². The summed E-state index contributed by atoms with van der Waals surface area (Å²) in [6.45, 7) is 3.98. The first kappa shape index (κ1) is 17.9. The molecule has 0 amide bonds. The minimum absolute atomic E-state index is 0.0128. The number of hydrogen-bond donors (Lipinski definition) is 2. The molecule has 1 aromatic heterocycles. The van der Waals surface area contributed by atoms with Crippen molar-refractivity contribution in [1.82, 2.24) is 20.2 Å². The number of imidazole rings is 1. The average Bonchev–Trinajstić information content (AvgIpc) is 3.12.